The molecule has 5 heteroatoms. The molecule has 1 atom stereocenters. The van der Waals surface area contributed by atoms with Crippen LogP contribution in [-0.2, 0) is 13.0 Å². The molecule has 0 radical (unpaired) electrons. The third-order valence-electron chi connectivity index (χ3n) is 3.82. The molecule has 1 aromatic heterocycles. The van der Waals surface area contributed by atoms with Crippen LogP contribution in [0.4, 0.5) is 4.39 Å². The van der Waals surface area contributed by atoms with Crippen LogP contribution in [0, 0.1) is 5.82 Å². The predicted molar refractivity (Wildman–Crippen MR) is 84.3 cm³/mol. The van der Waals surface area contributed by atoms with Gasteiger partial charge >= 0.3 is 0 Å². The fraction of sp³-hybridized carbons (Fsp3) is 0.333. The Kier molecular flexibility index (Phi) is 4.21. The van der Waals surface area contributed by atoms with E-state index in [2.05, 4.69) is 32.3 Å². The summed E-state index contributed by atoms with van der Waals surface area (Å²) in [4.78, 5) is 3.86. The number of nitrogens with zero attached hydrogens (tertiary/aromatic N) is 1. The van der Waals surface area contributed by atoms with E-state index in [-0.39, 0.29) is 11.9 Å². The smallest absolute Gasteiger partial charge is 0.124 e. The Balaban J connectivity index is 1.87. The highest BCUT2D eigenvalue weighted by atomic mass is 79.9. The standard InChI is InChI=1S/C15H16BrFN2S/c16-13-7-11(17)1-2-12(13)14(8-18)19-5-3-15-10(9-19)4-6-20-15/h1-2,4,6-7,14H,3,5,8-9,18H2. The number of rotatable bonds is 3. The predicted octanol–water partition coefficient (Wildman–Crippen LogP) is 3.71. The normalized spacial score (nSPS) is 16.9. The average Bonchev–Trinajstić information content (AvgIpc) is 2.89. The van der Waals surface area contributed by atoms with Crippen molar-refractivity contribution < 1.29 is 4.39 Å². The second-order valence-electron chi connectivity index (χ2n) is 5.01. The number of halogens is 2. The van der Waals surface area contributed by atoms with Gasteiger partial charge in [-0.3, -0.25) is 4.90 Å². The van der Waals surface area contributed by atoms with Gasteiger partial charge in [0.15, 0.2) is 0 Å². The van der Waals surface area contributed by atoms with Gasteiger partial charge in [-0.1, -0.05) is 22.0 Å². The second-order valence-corrected chi connectivity index (χ2v) is 6.86. The molecule has 0 spiro atoms. The van der Waals surface area contributed by atoms with Crippen LogP contribution < -0.4 is 5.73 Å². The minimum Gasteiger partial charge on any atom is -0.329 e. The maximum atomic E-state index is 13.2. The molecule has 1 aromatic carbocycles. The lowest BCUT2D eigenvalue weighted by molar-refractivity contribution is 0.184. The van der Waals surface area contributed by atoms with Gasteiger partial charge in [-0.15, -0.1) is 11.3 Å². The van der Waals surface area contributed by atoms with Crippen LogP contribution in [0.25, 0.3) is 0 Å². The molecule has 0 fully saturated rings. The highest BCUT2D eigenvalue weighted by molar-refractivity contribution is 9.10. The number of benzene rings is 1. The number of nitrogens with two attached hydrogens (primary N) is 1. The third kappa shape index (κ3) is 2.68. The summed E-state index contributed by atoms with van der Waals surface area (Å²) in [6.07, 6.45) is 1.07. The summed E-state index contributed by atoms with van der Waals surface area (Å²) in [5, 5.41) is 2.15. The summed E-state index contributed by atoms with van der Waals surface area (Å²) in [6.45, 7) is 2.45. The van der Waals surface area contributed by atoms with Crippen LogP contribution in [0.15, 0.2) is 34.1 Å². The van der Waals surface area contributed by atoms with Crippen molar-refractivity contribution in [2.24, 2.45) is 5.73 Å². The maximum absolute atomic E-state index is 13.2. The Morgan fingerprint density at radius 3 is 3.00 bits per heavy atom. The summed E-state index contributed by atoms with van der Waals surface area (Å²) in [6, 6.07) is 7.17. The first-order chi connectivity index (χ1) is 9.69. The summed E-state index contributed by atoms with van der Waals surface area (Å²) in [7, 11) is 0. The molecule has 106 valence electrons. The zero-order valence-electron chi connectivity index (χ0n) is 11.0. The number of fused-ring (bicyclic) bond motifs is 1. The van der Waals surface area contributed by atoms with E-state index >= 15 is 0 Å². The second kappa shape index (κ2) is 5.93. The number of hydrogen-bond donors (Lipinski definition) is 1. The zero-order chi connectivity index (χ0) is 14.1. The molecule has 0 saturated heterocycles. The largest absolute Gasteiger partial charge is 0.329 e. The summed E-state index contributed by atoms with van der Waals surface area (Å²) in [5.74, 6) is -0.227. The first kappa shape index (κ1) is 14.2. The van der Waals surface area contributed by atoms with Crippen LogP contribution in [0.2, 0.25) is 0 Å². The molecular formula is C15H16BrFN2S. The van der Waals surface area contributed by atoms with E-state index in [1.807, 2.05) is 17.4 Å². The fourth-order valence-electron chi connectivity index (χ4n) is 2.78. The van der Waals surface area contributed by atoms with Crippen molar-refractivity contribution >= 4 is 27.3 Å². The quantitative estimate of drug-likeness (QED) is 0.910. The molecule has 0 aliphatic carbocycles. The molecule has 0 saturated carbocycles. The number of thiophene rings is 1. The van der Waals surface area contributed by atoms with Gasteiger partial charge in [-0.2, -0.15) is 0 Å². The zero-order valence-corrected chi connectivity index (χ0v) is 13.4. The molecule has 2 N–H and O–H groups in total. The molecule has 20 heavy (non-hydrogen) atoms. The van der Waals surface area contributed by atoms with Crippen LogP contribution in [0.3, 0.4) is 0 Å². The van der Waals surface area contributed by atoms with Gasteiger partial charge in [0.2, 0.25) is 0 Å². The van der Waals surface area contributed by atoms with Gasteiger partial charge in [-0.05, 0) is 41.1 Å². The molecule has 0 bridgehead atoms. The Morgan fingerprint density at radius 2 is 2.25 bits per heavy atom. The molecule has 1 aliphatic heterocycles. The molecule has 1 aliphatic rings. The molecule has 2 aromatic rings. The molecule has 2 heterocycles. The monoisotopic (exact) mass is 354 g/mol. The molecule has 2 nitrogen and oxygen atoms in total. The van der Waals surface area contributed by atoms with Gasteiger partial charge in [0.25, 0.3) is 0 Å². The lowest BCUT2D eigenvalue weighted by atomic mass is 10.0. The van der Waals surface area contributed by atoms with E-state index in [9.17, 15) is 4.39 Å². The SMILES string of the molecule is NCC(c1ccc(F)cc1Br)N1CCc2sccc2C1. The summed E-state index contributed by atoms with van der Waals surface area (Å²) < 4.78 is 14.0. The topological polar surface area (TPSA) is 29.3 Å². The van der Waals surface area contributed by atoms with Crippen molar-refractivity contribution in [3.05, 3.63) is 55.9 Å². The Bertz CT molecular complexity index is 614. The van der Waals surface area contributed by atoms with Crippen molar-refractivity contribution in [3.63, 3.8) is 0 Å². The minimum absolute atomic E-state index is 0.123. The molecule has 3 rings (SSSR count). The summed E-state index contributed by atoms with van der Waals surface area (Å²) >= 11 is 5.29. The van der Waals surface area contributed by atoms with Crippen molar-refractivity contribution in [2.75, 3.05) is 13.1 Å². The van der Waals surface area contributed by atoms with Gasteiger partial charge in [0.05, 0.1) is 0 Å². The van der Waals surface area contributed by atoms with E-state index in [1.165, 1.54) is 22.6 Å². The van der Waals surface area contributed by atoms with Crippen molar-refractivity contribution in [1.82, 2.24) is 4.90 Å². The molecular weight excluding hydrogens is 339 g/mol. The van der Waals surface area contributed by atoms with E-state index in [0.717, 1.165) is 29.5 Å². The Morgan fingerprint density at radius 1 is 1.40 bits per heavy atom. The van der Waals surface area contributed by atoms with E-state index in [0.29, 0.717) is 6.54 Å². The third-order valence-corrected chi connectivity index (χ3v) is 5.53. The van der Waals surface area contributed by atoms with Gasteiger partial charge in [0, 0.05) is 35.0 Å². The van der Waals surface area contributed by atoms with Crippen molar-refractivity contribution in [1.29, 1.82) is 0 Å². The lowest BCUT2D eigenvalue weighted by Crippen LogP contribution is -2.37. The van der Waals surface area contributed by atoms with Gasteiger partial charge in [0.1, 0.15) is 5.82 Å². The van der Waals surface area contributed by atoms with E-state index in [1.54, 1.807) is 0 Å². The van der Waals surface area contributed by atoms with Gasteiger partial charge < -0.3 is 5.73 Å². The first-order valence-electron chi connectivity index (χ1n) is 6.63. The van der Waals surface area contributed by atoms with Crippen molar-refractivity contribution in [3.8, 4) is 0 Å². The molecule has 0 amide bonds. The van der Waals surface area contributed by atoms with Crippen LogP contribution in [0.1, 0.15) is 22.0 Å². The van der Waals surface area contributed by atoms with Crippen LogP contribution >= 0.6 is 27.3 Å². The minimum atomic E-state index is -0.227. The van der Waals surface area contributed by atoms with E-state index in [4.69, 9.17) is 5.73 Å². The summed E-state index contributed by atoms with van der Waals surface area (Å²) in [5.41, 5.74) is 8.45. The number of hydrogen-bond acceptors (Lipinski definition) is 3. The lowest BCUT2D eigenvalue weighted by Gasteiger charge is -2.34. The molecule has 1 unspecified atom stereocenters. The highest BCUT2D eigenvalue weighted by Gasteiger charge is 2.25. The fourth-order valence-corrected chi connectivity index (χ4v) is 4.29. The van der Waals surface area contributed by atoms with Gasteiger partial charge in [-0.25, -0.2) is 4.39 Å². The average molecular weight is 355 g/mol. The Hall–Kier alpha value is -0.750. The van der Waals surface area contributed by atoms with Crippen LogP contribution in [0.5, 0.6) is 0 Å². The van der Waals surface area contributed by atoms with Crippen molar-refractivity contribution in [2.45, 2.75) is 19.0 Å². The van der Waals surface area contributed by atoms with E-state index < -0.39 is 0 Å². The highest BCUT2D eigenvalue weighted by Crippen LogP contribution is 2.33. The van der Waals surface area contributed by atoms with Crippen LogP contribution in [-0.4, -0.2) is 18.0 Å². The first-order valence-corrected chi connectivity index (χ1v) is 8.30. The maximum Gasteiger partial charge on any atom is 0.124 e. The Labute approximate surface area is 130 Å².